The number of carbonyl (C=O) groups excluding carboxylic acids is 1. The number of hydrogen-bond acceptors (Lipinski definition) is 5. The normalized spacial score (nSPS) is 11.7. The van der Waals surface area contributed by atoms with Crippen molar-refractivity contribution in [3.05, 3.63) is 95.9 Å². The Morgan fingerprint density at radius 1 is 1.00 bits per heavy atom. The number of hydrogen-bond donors (Lipinski definition) is 2. The van der Waals surface area contributed by atoms with Gasteiger partial charge in [-0.2, -0.15) is 5.10 Å². The monoisotopic (exact) mass is 455 g/mol. The first kappa shape index (κ1) is 23.2. The molecular weight excluding hydrogens is 426 g/mol. The number of ether oxygens (including phenoxy) is 1. The first-order valence-corrected chi connectivity index (χ1v) is 11.2. The molecule has 2 N–H and O–H groups in total. The minimum atomic E-state index is -0.531. The van der Waals surface area contributed by atoms with Gasteiger partial charge in [0.05, 0.1) is 13.3 Å². The van der Waals surface area contributed by atoms with Crippen molar-refractivity contribution >= 4 is 11.7 Å². The van der Waals surface area contributed by atoms with Gasteiger partial charge in [-0.3, -0.25) is 9.48 Å². The lowest BCUT2D eigenvalue weighted by Crippen LogP contribution is -2.34. The molecular formula is C27H29N5O2. The van der Waals surface area contributed by atoms with Crippen LogP contribution in [-0.4, -0.2) is 34.3 Å². The molecule has 0 saturated heterocycles. The van der Waals surface area contributed by atoms with Gasteiger partial charge in [0.15, 0.2) is 0 Å². The van der Waals surface area contributed by atoms with Crippen molar-refractivity contribution in [1.82, 2.24) is 20.1 Å². The SMILES string of the molecule is COc1ccc([C@H](NCCc2ccc(C)cc2)C(=O)Nc2ccc(-c3cnn(C)c3)cn2)cc1. The molecule has 4 aromatic rings. The number of aryl methyl sites for hydroxylation is 2. The zero-order chi connectivity index (χ0) is 23.9. The molecule has 0 aliphatic heterocycles. The maximum absolute atomic E-state index is 13.3. The van der Waals surface area contributed by atoms with Gasteiger partial charge < -0.3 is 15.4 Å². The number of benzene rings is 2. The van der Waals surface area contributed by atoms with E-state index in [1.165, 1.54) is 11.1 Å². The molecule has 0 bridgehead atoms. The van der Waals surface area contributed by atoms with Gasteiger partial charge in [-0.25, -0.2) is 4.98 Å². The van der Waals surface area contributed by atoms with Gasteiger partial charge in [0, 0.05) is 37.1 Å². The van der Waals surface area contributed by atoms with E-state index in [4.69, 9.17) is 4.74 Å². The molecule has 1 amide bonds. The Hall–Kier alpha value is -3.97. The van der Waals surface area contributed by atoms with Gasteiger partial charge in [0.25, 0.3) is 0 Å². The summed E-state index contributed by atoms with van der Waals surface area (Å²) >= 11 is 0. The molecule has 34 heavy (non-hydrogen) atoms. The highest BCUT2D eigenvalue weighted by atomic mass is 16.5. The third-order valence-electron chi connectivity index (χ3n) is 5.65. The van der Waals surface area contributed by atoms with Gasteiger partial charge in [0.2, 0.25) is 5.91 Å². The topological polar surface area (TPSA) is 81.1 Å². The summed E-state index contributed by atoms with van der Waals surface area (Å²) < 4.78 is 7.01. The van der Waals surface area contributed by atoms with Gasteiger partial charge >= 0.3 is 0 Å². The van der Waals surface area contributed by atoms with Crippen molar-refractivity contribution in [2.75, 3.05) is 19.0 Å². The Labute approximate surface area is 199 Å². The van der Waals surface area contributed by atoms with Crippen LogP contribution < -0.4 is 15.4 Å². The molecule has 0 unspecified atom stereocenters. The summed E-state index contributed by atoms with van der Waals surface area (Å²) in [5.41, 5.74) is 5.22. The van der Waals surface area contributed by atoms with E-state index >= 15 is 0 Å². The largest absolute Gasteiger partial charge is 0.497 e. The molecule has 0 aliphatic rings. The fourth-order valence-electron chi connectivity index (χ4n) is 3.68. The van der Waals surface area contributed by atoms with Gasteiger partial charge in [-0.05, 0) is 48.7 Å². The second kappa shape index (κ2) is 10.8. The lowest BCUT2D eigenvalue weighted by atomic mass is 10.0. The van der Waals surface area contributed by atoms with E-state index < -0.39 is 6.04 Å². The predicted molar refractivity (Wildman–Crippen MR) is 134 cm³/mol. The van der Waals surface area contributed by atoms with Crippen molar-refractivity contribution in [2.24, 2.45) is 7.05 Å². The second-order valence-corrected chi connectivity index (χ2v) is 8.22. The molecule has 0 spiro atoms. The summed E-state index contributed by atoms with van der Waals surface area (Å²) in [6, 6.07) is 19.2. The summed E-state index contributed by atoms with van der Waals surface area (Å²) in [6.07, 6.45) is 6.26. The van der Waals surface area contributed by atoms with Crippen molar-refractivity contribution in [2.45, 2.75) is 19.4 Å². The third kappa shape index (κ3) is 5.88. The lowest BCUT2D eigenvalue weighted by Gasteiger charge is -2.19. The van der Waals surface area contributed by atoms with Crippen LogP contribution in [0.15, 0.2) is 79.3 Å². The molecule has 174 valence electrons. The molecule has 0 fully saturated rings. The Kier molecular flexibility index (Phi) is 7.34. The number of pyridine rings is 1. The highest BCUT2D eigenvalue weighted by Crippen LogP contribution is 2.21. The maximum atomic E-state index is 13.3. The first-order valence-electron chi connectivity index (χ1n) is 11.2. The predicted octanol–water partition coefficient (Wildman–Crippen LogP) is 4.31. The summed E-state index contributed by atoms with van der Waals surface area (Å²) in [6.45, 7) is 2.73. The average molecular weight is 456 g/mol. The minimum absolute atomic E-state index is 0.171. The zero-order valence-electron chi connectivity index (χ0n) is 19.7. The molecule has 7 heteroatoms. The molecule has 2 heterocycles. The van der Waals surface area contributed by atoms with Crippen molar-refractivity contribution in [3.8, 4) is 16.9 Å². The maximum Gasteiger partial charge on any atom is 0.247 e. The van der Waals surface area contributed by atoms with E-state index in [0.29, 0.717) is 12.4 Å². The van der Waals surface area contributed by atoms with Gasteiger partial charge in [-0.15, -0.1) is 0 Å². The number of nitrogens with one attached hydrogen (secondary N) is 2. The van der Waals surface area contributed by atoms with E-state index in [2.05, 4.69) is 51.9 Å². The summed E-state index contributed by atoms with van der Waals surface area (Å²) in [7, 11) is 3.50. The van der Waals surface area contributed by atoms with Crippen LogP contribution in [0.4, 0.5) is 5.82 Å². The fraction of sp³-hybridized carbons (Fsp3) is 0.222. The molecule has 2 aromatic heterocycles. The Morgan fingerprint density at radius 3 is 2.38 bits per heavy atom. The van der Waals surface area contributed by atoms with Gasteiger partial charge in [0.1, 0.15) is 17.6 Å². The Morgan fingerprint density at radius 2 is 1.76 bits per heavy atom. The summed E-state index contributed by atoms with van der Waals surface area (Å²) in [5, 5.41) is 10.5. The van der Waals surface area contributed by atoms with E-state index in [0.717, 1.165) is 28.9 Å². The quantitative estimate of drug-likeness (QED) is 0.393. The molecule has 4 rings (SSSR count). The van der Waals surface area contributed by atoms with Crippen LogP contribution in [0.5, 0.6) is 5.75 Å². The number of carbonyl (C=O) groups is 1. The van der Waals surface area contributed by atoms with Crippen LogP contribution in [0, 0.1) is 6.92 Å². The highest BCUT2D eigenvalue weighted by Gasteiger charge is 2.21. The van der Waals surface area contributed by atoms with Crippen molar-refractivity contribution < 1.29 is 9.53 Å². The van der Waals surface area contributed by atoms with Crippen LogP contribution in [-0.2, 0) is 18.3 Å². The number of amides is 1. The van der Waals surface area contributed by atoms with E-state index in [-0.39, 0.29) is 5.91 Å². The minimum Gasteiger partial charge on any atom is -0.497 e. The smallest absolute Gasteiger partial charge is 0.247 e. The van der Waals surface area contributed by atoms with Crippen LogP contribution in [0.3, 0.4) is 0 Å². The van der Waals surface area contributed by atoms with Gasteiger partial charge in [-0.1, -0.05) is 42.0 Å². The molecule has 0 saturated carbocycles. The van der Waals surface area contributed by atoms with E-state index in [9.17, 15) is 4.79 Å². The average Bonchev–Trinajstić information content (AvgIpc) is 3.30. The number of anilines is 1. The molecule has 1 atom stereocenters. The lowest BCUT2D eigenvalue weighted by molar-refractivity contribution is -0.118. The van der Waals surface area contributed by atoms with E-state index in [1.807, 2.05) is 43.6 Å². The van der Waals surface area contributed by atoms with Crippen LogP contribution in [0.25, 0.3) is 11.1 Å². The molecule has 0 radical (unpaired) electrons. The third-order valence-corrected chi connectivity index (χ3v) is 5.65. The van der Waals surface area contributed by atoms with E-state index in [1.54, 1.807) is 30.3 Å². The van der Waals surface area contributed by atoms with Crippen LogP contribution in [0.1, 0.15) is 22.7 Å². The summed E-state index contributed by atoms with van der Waals surface area (Å²) in [4.78, 5) is 17.7. The van der Waals surface area contributed by atoms with Crippen molar-refractivity contribution in [1.29, 1.82) is 0 Å². The Bertz CT molecular complexity index is 1220. The van der Waals surface area contributed by atoms with Crippen LogP contribution in [0.2, 0.25) is 0 Å². The van der Waals surface area contributed by atoms with Crippen LogP contribution >= 0.6 is 0 Å². The number of nitrogens with zero attached hydrogens (tertiary/aromatic N) is 3. The molecule has 0 aliphatic carbocycles. The number of methoxy groups -OCH3 is 1. The standard InChI is InChI=1S/C27H29N5O2/c1-19-4-6-20(7-5-19)14-15-28-26(21-8-11-24(34-3)12-9-21)27(33)31-25-13-10-22(16-29-25)23-17-30-32(2)18-23/h4-13,16-18,26,28H,14-15H2,1-3H3,(H,29,31,33)/t26-/m0/s1. The first-order chi connectivity index (χ1) is 16.5. The molecule has 7 nitrogen and oxygen atoms in total. The fourth-order valence-corrected chi connectivity index (χ4v) is 3.68. The highest BCUT2D eigenvalue weighted by molar-refractivity contribution is 5.95. The second-order valence-electron chi connectivity index (χ2n) is 8.22. The number of rotatable bonds is 9. The molecule has 2 aromatic carbocycles. The number of aromatic nitrogens is 3. The zero-order valence-corrected chi connectivity index (χ0v) is 19.7. The summed E-state index contributed by atoms with van der Waals surface area (Å²) in [5.74, 6) is 1.07. The Balaban J connectivity index is 1.46. The van der Waals surface area contributed by atoms with Crippen molar-refractivity contribution in [3.63, 3.8) is 0 Å².